The van der Waals surface area contributed by atoms with Gasteiger partial charge in [-0.15, -0.1) is 0 Å². The number of hydrogen-bond acceptors (Lipinski definition) is 1. The van der Waals surface area contributed by atoms with Gasteiger partial charge in [0.2, 0.25) is 0 Å². The molecule has 7 rings (SSSR count). The number of fused-ring (bicyclic) bond motifs is 6. The molecule has 4 aliphatic carbocycles. The number of anilines is 2. The normalized spacial score (nSPS) is 20.4. The molecule has 0 saturated heterocycles. The second-order valence-electron chi connectivity index (χ2n) is 15.6. The van der Waals surface area contributed by atoms with E-state index in [1.165, 1.54) is 61.6 Å². The molecule has 4 aliphatic rings. The molecule has 0 fully saturated rings. The molecule has 234 valence electrons. The first-order chi connectivity index (χ1) is 22.0. The Morgan fingerprint density at radius 2 is 1.48 bits per heavy atom. The van der Waals surface area contributed by atoms with Gasteiger partial charge in [0.15, 0.2) is 0 Å². The Bertz CT molecular complexity index is 1900. The van der Waals surface area contributed by atoms with Crippen molar-refractivity contribution in [2.75, 3.05) is 4.90 Å². The summed E-state index contributed by atoms with van der Waals surface area (Å²) in [6, 6.07) is 25.8. The summed E-state index contributed by atoms with van der Waals surface area (Å²) in [5.41, 5.74) is 18.1. The smallest absolute Gasteiger partial charge is 0.0682 e. The van der Waals surface area contributed by atoms with Crippen LogP contribution in [0.3, 0.4) is 0 Å². The van der Waals surface area contributed by atoms with E-state index in [0.29, 0.717) is 0 Å². The van der Waals surface area contributed by atoms with E-state index in [4.69, 9.17) is 0 Å². The van der Waals surface area contributed by atoms with Crippen LogP contribution in [0.25, 0.3) is 11.1 Å². The molecule has 3 aromatic carbocycles. The zero-order valence-corrected chi connectivity index (χ0v) is 29.1. The van der Waals surface area contributed by atoms with Crippen molar-refractivity contribution in [3.8, 4) is 0 Å². The van der Waals surface area contributed by atoms with Crippen LogP contribution in [-0.2, 0) is 10.8 Å². The minimum atomic E-state index is -0.233. The second-order valence-corrected chi connectivity index (χ2v) is 15.6. The van der Waals surface area contributed by atoms with E-state index < -0.39 is 0 Å². The van der Waals surface area contributed by atoms with Crippen molar-refractivity contribution in [2.45, 2.75) is 91.9 Å². The highest BCUT2D eigenvalue weighted by molar-refractivity contribution is 5.95. The SMILES string of the molecule is CCC1=C(C)c2ccc(N(C3=CCC=C(C(C)(C)C)C=C3)c3ccc(C(C)(C)C)cc3)cc2C12C1=C(CCC=C1)c1ccccc12. The highest BCUT2D eigenvalue weighted by atomic mass is 15.1. The van der Waals surface area contributed by atoms with Crippen molar-refractivity contribution in [3.63, 3.8) is 0 Å². The standard InChI is InChI=1S/C45H49N/c1-9-39-30(2)36-28-27-35(29-42(36)45(39)40-19-12-10-17-37(40)38-18-11-13-20-41(38)45)46(34-25-22-32(23-26-34)44(6,7)8)33-16-14-15-31(21-24-33)43(3,4)5/h10,12-13,15-17,19-29H,9,11,14,18H2,1-8H3. The van der Waals surface area contributed by atoms with Crippen LogP contribution in [0.15, 0.2) is 126 Å². The summed E-state index contributed by atoms with van der Waals surface area (Å²) >= 11 is 0. The zero-order chi connectivity index (χ0) is 32.4. The topological polar surface area (TPSA) is 3.24 Å². The Hall–Kier alpha value is -4.10. The van der Waals surface area contributed by atoms with Gasteiger partial charge in [-0.25, -0.2) is 0 Å². The van der Waals surface area contributed by atoms with Gasteiger partial charge in [-0.2, -0.15) is 0 Å². The van der Waals surface area contributed by atoms with Crippen molar-refractivity contribution < 1.29 is 0 Å². The van der Waals surface area contributed by atoms with Crippen LogP contribution in [-0.4, -0.2) is 0 Å². The first-order valence-corrected chi connectivity index (χ1v) is 17.3. The predicted molar refractivity (Wildman–Crippen MR) is 199 cm³/mol. The third kappa shape index (κ3) is 4.65. The van der Waals surface area contributed by atoms with E-state index >= 15 is 0 Å². The first-order valence-electron chi connectivity index (χ1n) is 17.3. The Morgan fingerprint density at radius 1 is 0.739 bits per heavy atom. The fourth-order valence-corrected chi connectivity index (χ4v) is 8.47. The molecule has 0 aliphatic heterocycles. The molecule has 1 unspecified atom stereocenters. The summed E-state index contributed by atoms with van der Waals surface area (Å²) in [5.74, 6) is 0. The van der Waals surface area contributed by atoms with Crippen molar-refractivity contribution in [1.82, 2.24) is 0 Å². The molecule has 0 bridgehead atoms. The average molecular weight is 604 g/mol. The quantitative estimate of drug-likeness (QED) is 0.287. The molecular weight excluding hydrogens is 555 g/mol. The van der Waals surface area contributed by atoms with E-state index in [1.807, 2.05) is 0 Å². The third-order valence-corrected chi connectivity index (χ3v) is 10.8. The fourth-order valence-electron chi connectivity index (χ4n) is 8.47. The van der Waals surface area contributed by atoms with Gasteiger partial charge in [-0.05, 0) is 129 Å². The average Bonchev–Trinajstić information content (AvgIpc) is 3.30. The predicted octanol–water partition coefficient (Wildman–Crippen LogP) is 12.5. The molecule has 0 aromatic heterocycles. The lowest BCUT2D eigenvalue weighted by molar-refractivity contribution is 0.515. The molecule has 0 saturated carbocycles. The lowest BCUT2D eigenvalue weighted by Gasteiger charge is -2.35. The minimum Gasteiger partial charge on any atom is -0.311 e. The van der Waals surface area contributed by atoms with Gasteiger partial charge < -0.3 is 4.90 Å². The van der Waals surface area contributed by atoms with Gasteiger partial charge in [0.05, 0.1) is 5.41 Å². The van der Waals surface area contributed by atoms with Gasteiger partial charge >= 0.3 is 0 Å². The van der Waals surface area contributed by atoms with E-state index in [-0.39, 0.29) is 16.2 Å². The maximum absolute atomic E-state index is 2.53. The Kier molecular flexibility index (Phi) is 7.31. The number of nitrogens with zero attached hydrogens (tertiary/aromatic N) is 1. The van der Waals surface area contributed by atoms with Crippen LogP contribution in [0.2, 0.25) is 0 Å². The number of hydrogen-bond donors (Lipinski definition) is 0. The summed E-state index contributed by atoms with van der Waals surface area (Å²) in [7, 11) is 0. The molecule has 46 heavy (non-hydrogen) atoms. The van der Waals surface area contributed by atoms with Crippen LogP contribution in [0.4, 0.5) is 11.4 Å². The van der Waals surface area contributed by atoms with Gasteiger partial charge in [0, 0.05) is 17.1 Å². The summed E-state index contributed by atoms with van der Waals surface area (Å²) < 4.78 is 0. The van der Waals surface area contributed by atoms with Crippen LogP contribution >= 0.6 is 0 Å². The van der Waals surface area contributed by atoms with E-state index in [2.05, 4.69) is 163 Å². The molecule has 0 amide bonds. The van der Waals surface area contributed by atoms with Crippen LogP contribution in [0, 0.1) is 5.41 Å². The monoisotopic (exact) mass is 603 g/mol. The molecule has 1 atom stereocenters. The summed E-state index contributed by atoms with van der Waals surface area (Å²) in [4.78, 5) is 2.49. The summed E-state index contributed by atoms with van der Waals surface area (Å²) in [5, 5.41) is 0. The molecule has 0 N–H and O–H groups in total. The zero-order valence-electron chi connectivity index (χ0n) is 29.1. The molecule has 0 radical (unpaired) electrons. The van der Waals surface area contributed by atoms with Gasteiger partial charge in [0.25, 0.3) is 0 Å². The van der Waals surface area contributed by atoms with Crippen molar-refractivity contribution >= 4 is 22.5 Å². The second kappa shape index (κ2) is 11.0. The molecular formula is C45H49N. The first kappa shape index (κ1) is 30.5. The lowest BCUT2D eigenvalue weighted by atomic mass is 9.67. The van der Waals surface area contributed by atoms with Crippen LogP contribution in [0.5, 0.6) is 0 Å². The van der Waals surface area contributed by atoms with Gasteiger partial charge in [-0.1, -0.05) is 121 Å². The van der Waals surface area contributed by atoms with Crippen LogP contribution in [0.1, 0.15) is 109 Å². The summed E-state index contributed by atoms with van der Waals surface area (Å²) in [6.07, 6.45) is 18.5. The van der Waals surface area contributed by atoms with Gasteiger partial charge in [-0.3, -0.25) is 0 Å². The maximum atomic E-state index is 2.53. The number of allylic oxidation sites excluding steroid dienone is 11. The van der Waals surface area contributed by atoms with Crippen molar-refractivity contribution in [1.29, 1.82) is 0 Å². The molecule has 1 heteroatoms. The van der Waals surface area contributed by atoms with E-state index in [0.717, 1.165) is 25.7 Å². The maximum Gasteiger partial charge on any atom is 0.0682 e. The highest BCUT2D eigenvalue weighted by Crippen LogP contribution is 2.63. The van der Waals surface area contributed by atoms with Crippen molar-refractivity contribution in [3.05, 3.63) is 153 Å². The highest BCUT2D eigenvalue weighted by Gasteiger charge is 2.52. The Labute approximate surface area is 277 Å². The van der Waals surface area contributed by atoms with Gasteiger partial charge in [0.1, 0.15) is 0 Å². The molecule has 3 aromatic rings. The van der Waals surface area contributed by atoms with E-state index in [1.54, 1.807) is 11.1 Å². The van der Waals surface area contributed by atoms with Crippen LogP contribution < -0.4 is 4.90 Å². The largest absolute Gasteiger partial charge is 0.311 e. The fraction of sp³-hybridized carbons (Fsp3) is 0.333. The number of rotatable bonds is 4. The lowest BCUT2D eigenvalue weighted by Crippen LogP contribution is -2.29. The minimum absolute atomic E-state index is 0.102. The molecule has 0 heterocycles. The Balaban J connectivity index is 1.44. The number of benzene rings is 3. The van der Waals surface area contributed by atoms with E-state index in [9.17, 15) is 0 Å². The van der Waals surface area contributed by atoms with Crippen molar-refractivity contribution in [2.24, 2.45) is 5.41 Å². The third-order valence-electron chi connectivity index (χ3n) is 10.8. The molecule has 1 spiro atoms. The summed E-state index contributed by atoms with van der Waals surface area (Å²) in [6.45, 7) is 18.5. The Morgan fingerprint density at radius 3 is 2.20 bits per heavy atom. The molecule has 1 nitrogen and oxygen atoms in total.